The first-order valence-electron chi connectivity index (χ1n) is 7.10. The molecule has 2 unspecified atom stereocenters. The fourth-order valence-electron chi connectivity index (χ4n) is 1.97. The minimum Gasteiger partial charge on any atom is -0.481 e. The molecule has 0 aromatic heterocycles. The lowest BCUT2D eigenvalue weighted by Crippen LogP contribution is -2.49. The smallest absolute Gasteiger partial charge is 0.303 e. The average Bonchev–Trinajstić information content (AvgIpc) is 2.46. The summed E-state index contributed by atoms with van der Waals surface area (Å²) < 4.78 is -1.47. The second kappa shape index (κ2) is 7.98. The van der Waals surface area contributed by atoms with Gasteiger partial charge in [0.25, 0.3) is 0 Å². The van der Waals surface area contributed by atoms with Crippen LogP contribution in [0.2, 0.25) is 0 Å². The van der Waals surface area contributed by atoms with Crippen LogP contribution in [-0.4, -0.2) is 33.6 Å². The van der Waals surface area contributed by atoms with Crippen molar-refractivity contribution < 1.29 is 19.5 Å². The lowest BCUT2D eigenvalue weighted by molar-refractivity contribution is -0.137. The molecule has 0 heterocycles. The highest BCUT2D eigenvalue weighted by Gasteiger charge is 2.38. The maximum Gasteiger partial charge on any atom is 0.303 e. The van der Waals surface area contributed by atoms with Crippen LogP contribution in [0.25, 0.3) is 0 Å². The Kier molecular flexibility index (Phi) is 6.61. The van der Waals surface area contributed by atoms with Gasteiger partial charge in [-0.15, -0.1) is 0 Å². The number of hydrogen-bond acceptors (Lipinski definition) is 4. The molecule has 5 nitrogen and oxygen atoms in total. The third-order valence-corrected chi connectivity index (χ3v) is 3.73. The van der Waals surface area contributed by atoms with E-state index in [1.54, 1.807) is 37.3 Å². The van der Waals surface area contributed by atoms with Gasteiger partial charge in [0.15, 0.2) is 10.5 Å². The summed E-state index contributed by atoms with van der Waals surface area (Å²) in [6, 6.07) is 8.30. The van der Waals surface area contributed by atoms with Crippen LogP contribution < -0.4 is 5.32 Å². The number of carbonyl (C=O) groups is 3. The van der Waals surface area contributed by atoms with Crippen molar-refractivity contribution in [1.82, 2.24) is 5.32 Å². The molecule has 0 bridgehead atoms. The molecule has 0 radical (unpaired) electrons. The zero-order chi connectivity index (χ0) is 16.8. The fraction of sp³-hybridized carbons (Fsp3) is 0.438. The van der Waals surface area contributed by atoms with E-state index in [0.717, 1.165) is 0 Å². The molecule has 1 amide bonds. The van der Waals surface area contributed by atoms with E-state index in [1.807, 2.05) is 0 Å². The van der Waals surface area contributed by atoms with Crippen molar-refractivity contribution in [2.75, 3.05) is 0 Å². The molecule has 0 aliphatic carbocycles. The number of rotatable bonds is 8. The van der Waals surface area contributed by atoms with Crippen LogP contribution in [0.15, 0.2) is 30.3 Å². The van der Waals surface area contributed by atoms with E-state index in [1.165, 1.54) is 6.92 Å². The van der Waals surface area contributed by atoms with Crippen molar-refractivity contribution in [1.29, 1.82) is 0 Å². The molecule has 2 atom stereocenters. The summed E-state index contributed by atoms with van der Waals surface area (Å²) in [5, 5.41) is 11.3. The number of amides is 1. The fourth-order valence-corrected chi connectivity index (χ4v) is 2.16. The molecular weight excluding hydrogens is 302 g/mol. The van der Waals surface area contributed by atoms with Crippen LogP contribution in [0.4, 0.5) is 0 Å². The highest BCUT2D eigenvalue weighted by atomic mass is 32.1. The Labute approximate surface area is 135 Å². The molecule has 0 aliphatic heterocycles. The minimum atomic E-state index is -1.47. The molecule has 0 spiro atoms. The number of thiol groups is 1. The van der Waals surface area contributed by atoms with Crippen molar-refractivity contribution >= 4 is 30.3 Å². The van der Waals surface area contributed by atoms with Crippen LogP contribution in [0.1, 0.15) is 43.5 Å². The third-order valence-electron chi connectivity index (χ3n) is 3.33. The summed E-state index contributed by atoms with van der Waals surface area (Å²) in [6.45, 7) is 3.24. The molecule has 120 valence electrons. The summed E-state index contributed by atoms with van der Waals surface area (Å²) >= 11 is 4.23. The van der Waals surface area contributed by atoms with Crippen LogP contribution in [0.5, 0.6) is 0 Å². The standard InChI is InChI=1S/C16H21NO4S/c1-11(7-6-10-13(18)19)17-15(21)16(2,22)14(20)12-8-4-3-5-9-12/h3-5,8-9,11,22H,6-7,10H2,1-2H3,(H,17,21)(H,18,19). The number of nitrogens with one attached hydrogen (secondary N) is 1. The van der Waals surface area contributed by atoms with E-state index in [4.69, 9.17) is 5.11 Å². The monoisotopic (exact) mass is 323 g/mol. The number of benzene rings is 1. The van der Waals surface area contributed by atoms with E-state index < -0.39 is 16.6 Å². The van der Waals surface area contributed by atoms with E-state index in [0.29, 0.717) is 18.4 Å². The maximum atomic E-state index is 12.4. The first-order valence-corrected chi connectivity index (χ1v) is 7.55. The Bertz CT molecular complexity index is 542. The van der Waals surface area contributed by atoms with Gasteiger partial charge in [0, 0.05) is 18.0 Å². The van der Waals surface area contributed by atoms with Crippen molar-refractivity contribution in [2.45, 2.75) is 43.9 Å². The van der Waals surface area contributed by atoms with Gasteiger partial charge in [-0.25, -0.2) is 0 Å². The van der Waals surface area contributed by atoms with Gasteiger partial charge in [0.05, 0.1) is 0 Å². The first-order chi connectivity index (χ1) is 10.2. The average molecular weight is 323 g/mol. The van der Waals surface area contributed by atoms with Crippen LogP contribution in [-0.2, 0) is 9.59 Å². The lowest BCUT2D eigenvalue weighted by Gasteiger charge is -2.24. The van der Waals surface area contributed by atoms with Gasteiger partial charge in [-0.2, -0.15) is 12.6 Å². The van der Waals surface area contributed by atoms with Crippen molar-refractivity contribution in [3.8, 4) is 0 Å². The van der Waals surface area contributed by atoms with Gasteiger partial charge < -0.3 is 10.4 Å². The number of carboxylic acids is 1. The SMILES string of the molecule is CC(CCCC(=O)O)NC(=O)C(C)(S)C(=O)c1ccccc1. The van der Waals surface area contributed by atoms with Crippen molar-refractivity contribution in [3.05, 3.63) is 35.9 Å². The number of ketones is 1. The normalized spacial score (nSPS) is 14.7. The highest BCUT2D eigenvalue weighted by molar-refractivity contribution is 7.83. The van der Waals surface area contributed by atoms with Crippen LogP contribution >= 0.6 is 12.6 Å². The molecule has 1 aromatic rings. The largest absolute Gasteiger partial charge is 0.481 e. The highest BCUT2D eigenvalue weighted by Crippen LogP contribution is 2.21. The number of Topliss-reactive ketones (excluding diaryl/α,β-unsaturated/α-hetero) is 1. The van der Waals surface area contributed by atoms with Crippen molar-refractivity contribution in [3.63, 3.8) is 0 Å². The molecule has 1 rings (SSSR count). The zero-order valence-corrected chi connectivity index (χ0v) is 13.6. The van der Waals surface area contributed by atoms with E-state index >= 15 is 0 Å². The van der Waals surface area contributed by atoms with Gasteiger partial charge in [-0.05, 0) is 26.7 Å². The molecule has 22 heavy (non-hydrogen) atoms. The summed E-state index contributed by atoms with van der Waals surface area (Å²) in [4.78, 5) is 35.1. The predicted octanol–water partition coefficient (Wildman–Crippen LogP) is 2.32. The van der Waals surface area contributed by atoms with E-state index in [-0.39, 0.29) is 18.2 Å². The van der Waals surface area contributed by atoms with E-state index in [9.17, 15) is 14.4 Å². The first kappa shape index (κ1) is 18.2. The number of carboxylic acid groups (broad SMARTS) is 1. The molecule has 1 aromatic carbocycles. The van der Waals surface area contributed by atoms with Crippen LogP contribution in [0.3, 0.4) is 0 Å². The number of aliphatic carboxylic acids is 1. The molecule has 0 aliphatic rings. The minimum absolute atomic E-state index is 0.0568. The Morgan fingerprint density at radius 1 is 1.27 bits per heavy atom. The Morgan fingerprint density at radius 2 is 1.86 bits per heavy atom. The predicted molar refractivity (Wildman–Crippen MR) is 87.3 cm³/mol. The topological polar surface area (TPSA) is 83.5 Å². The van der Waals surface area contributed by atoms with Gasteiger partial charge in [0.2, 0.25) is 5.91 Å². The molecule has 0 saturated heterocycles. The summed E-state index contributed by atoms with van der Waals surface area (Å²) in [5.74, 6) is -1.71. The van der Waals surface area contributed by atoms with Crippen LogP contribution in [0, 0.1) is 0 Å². The number of carbonyl (C=O) groups excluding carboxylic acids is 2. The molecule has 0 fully saturated rings. The zero-order valence-electron chi connectivity index (χ0n) is 12.7. The quantitative estimate of drug-likeness (QED) is 0.389. The number of hydrogen-bond donors (Lipinski definition) is 3. The lowest BCUT2D eigenvalue weighted by atomic mass is 9.97. The van der Waals surface area contributed by atoms with Gasteiger partial charge in [0.1, 0.15) is 0 Å². The Balaban J connectivity index is 2.62. The maximum absolute atomic E-state index is 12.4. The molecule has 6 heteroatoms. The Morgan fingerprint density at radius 3 is 2.41 bits per heavy atom. The van der Waals surface area contributed by atoms with Gasteiger partial charge in [-0.3, -0.25) is 14.4 Å². The Hall–Kier alpha value is -1.82. The second-order valence-electron chi connectivity index (χ2n) is 5.43. The molecular formula is C16H21NO4S. The van der Waals surface area contributed by atoms with Crippen molar-refractivity contribution in [2.24, 2.45) is 0 Å². The van der Waals surface area contributed by atoms with Gasteiger partial charge in [-0.1, -0.05) is 30.3 Å². The molecule has 0 saturated carbocycles. The second-order valence-corrected chi connectivity index (χ2v) is 6.32. The summed E-state index contributed by atoms with van der Waals surface area (Å²) in [7, 11) is 0. The summed E-state index contributed by atoms with van der Waals surface area (Å²) in [6.07, 6.45) is 1.05. The van der Waals surface area contributed by atoms with Gasteiger partial charge >= 0.3 is 5.97 Å². The molecule has 2 N–H and O–H groups in total. The van der Waals surface area contributed by atoms with E-state index in [2.05, 4.69) is 17.9 Å². The third kappa shape index (κ3) is 5.18. The summed E-state index contributed by atoms with van der Waals surface area (Å²) in [5.41, 5.74) is 0.425.